The van der Waals surface area contributed by atoms with Gasteiger partial charge in [0.15, 0.2) is 0 Å². The summed E-state index contributed by atoms with van der Waals surface area (Å²) in [5, 5.41) is 0. The van der Waals surface area contributed by atoms with Crippen LogP contribution >= 0.6 is 15.9 Å². The summed E-state index contributed by atoms with van der Waals surface area (Å²) in [6.07, 6.45) is 1.54. The molecule has 0 unspecified atom stereocenters. The average molecular weight is 281 g/mol. The lowest BCUT2D eigenvalue weighted by Gasteiger charge is -2.13. The quantitative estimate of drug-likeness (QED) is 0.740. The Hall–Kier alpha value is -1.49. The van der Waals surface area contributed by atoms with Crippen LogP contribution < -0.4 is 4.90 Å². The normalized spacial score (nSPS) is 16.3. The maximum atomic E-state index is 11.8. The highest BCUT2D eigenvalue weighted by Gasteiger charge is 2.35. The zero-order chi connectivity index (χ0) is 11.9. The molecular formula is C11H9BrN2O2. The van der Waals surface area contributed by atoms with Crippen LogP contribution in [-0.2, 0) is 9.59 Å². The molecule has 0 bridgehead atoms. The van der Waals surface area contributed by atoms with Gasteiger partial charge in [-0.25, -0.2) is 9.88 Å². The average Bonchev–Trinajstić information content (AvgIpc) is 2.44. The van der Waals surface area contributed by atoms with Crippen molar-refractivity contribution in [3.05, 3.63) is 33.9 Å². The highest BCUT2D eigenvalue weighted by molar-refractivity contribution is 9.10. The van der Waals surface area contributed by atoms with Gasteiger partial charge in [-0.2, -0.15) is 0 Å². The molecule has 16 heavy (non-hydrogen) atoms. The number of nitrogens with zero attached hydrogens (tertiary/aromatic N) is 2. The van der Waals surface area contributed by atoms with Gasteiger partial charge in [0.05, 0.1) is 0 Å². The first-order chi connectivity index (χ1) is 7.52. The van der Waals surface area contributed by atoms with Crippen LogP contribution in [0, 0.1) is 0 Å². The van der Waals surface area contributed by atoms with Crippen molar-refractivity contribution in [1.29, 1.82) is 0 Å². The SMILES string of the molecule is CC1=C(C)C(=O)N(c2cc(Br)ccn2)C1=O. The van der Waals surface area contributed by atoms with Crippen LogP contribution in [0.25, 0.3) is 0 Å². The minimum Gasteiger partial charge on any atom is -0.269 e. The van der Waals surface area contributed by atoms with Crippen molar-refractivity contribution in [1.82, 2.24) is 4.98 Å². The van der Waals surface area contributed by atoms with E-state index in [2.05, 4.69) is 20.9 Å². The minimum atomic E-state index is -0.298. The van der Waals surface area contributed by atoms with Crippen molar-refractivity contribution >= 4 is 33.6 Å². The van der Waals surface area contributed by atoms with Crippen molar-refractivity contribution in [2.45, 2.75) is 13.8 Å². The maximum absolute atomic E-state index is 11.8. The number of imide groups is 1. The lowest BCUT2D eigenvalue weighted by molar-refractivity contribution is -0.120. The minimum absolute atomic E-state index is 0.298. The fourth-order valence-corrected chi connectivity index (χ4v) is 1.80. The molecule has 0 radical (unpaired) electrons. The fraction of sp³-hybridized carbons (Fsp3) is 0.182. The summed E-state index contributed by atoms with van der Waals surface area (Å²) in [6, 6.07) is 3.38. The van der Waals surface area contributed by atoms with Gasteiger partial charge in [0.25, 0.3) is 11.8 Å². The number of amides is 2. The monoisotopic (exact) mass is 280 g/mol. The van der Waals surface area contributed by atoms with Crippen molar-refractivity contribution in [3.8, 4) is 0 Å². The summed E-state index contributed by atoms with van der Waals surface area (Å²) in [4.78, 5) is 28.8. The first kappa shape index (κ1) is 11.0. The van der Waals surface area contributed by atoms with E-state index in [1.165, 1.54) is 0 Å². The topological polar surface area (TPSA) is 50.3 Å². The molecule has 1 aromatic heterocycles. The zero-order valence-electron chi connectivity index (χ0n) is 8.82. The van der Waals surface area contributed by atoms with Gasteiger partial charge < -0.3 is 0 Å². The Morgan fingerprint density at radius 1 is 1.19 bits per heavy atom. The first-order valence-corrected chi connectivity index (χ1v) is 5.49. The fourth-order valence-electron chi connectivity index (χ4n) is 1.47. The summed E-state index contributed by atoms with van der Waals surface area (Å²) in [7, 11) is 0. The van der Waals surface area contributed by atoms with E-state index in [-0.39, 0.29) is 11.8 Å². The van der Waals surface area contributed by atoms with E-state index < -0.39 is 0 Å². The molecule has 0 saturated carbocycles. The molecule has 0 saturated heterocycles. The third kappa shape index (κ3) is 1.57. The van der Waals surface area contributed by atoms with E-state index in [0.717, 1.165) is 9.37 Å². The van der Waals surface area contributed by atoms with Gasteiger partial charge in [-0.05, 0) is 26.0 Å². The van der Waals surface area contributed by atoms with Crippen LogP contribution in [0.1, 0.15) is 13.8 Å². The highest BCUT2D eigenvalue weighted by atomic mass is 79.9. The van der Waals surface area contributed by atoms with Crippen LogP contribution in [0.5, 0.6) is 0 Å². The largest absolute Gasteiger partial charge is 0.269 e. The third-order valence-corrected chi connectivity index (χ3v) is 3.04. The number of carbonyl (C=O) groups is 2. The number of anilines is 1. The Bertz CT molecular complexity index is 498. The van der Waals surface area contributed by atoms with Crippen LogP contribution in [0.15, 0.2) is 33.9 Å². The molecule has 0 aromatic carbocycles. The Kier molecular flexibility index (Phi) is 2.63. The van der Waals surface area contributed by atoms with Gasteiger partial charge in [0.1, 0.15) is 5.82 Å². The number of hydrogen-bond donors (Lipinski definition) is 0. The van der Waals surface area contributed by atoms with Gasteiger partial charge >= 0.3 is 0 Å². The first-order valence-electron chi connectivity index (χ1n) is 4.70. The van der Waals surface area contributed by atoms with Gasteiger partial charge in [0, 0.05) is 21.8 Å². The molecule has 0 spiro atoms. The van der Waals surface area contributed by atoms with Gasteiger partial charge in [-0.1, -0.05) is 15.9 Å². The molecule has 0 atom stereocenters. The number of rotatable bonds is 1. The van der Waals surface area contributed by atoms with Crippen molar-refractivity contribution in [2.75, 3.05) is 4.90 Å². The summed E-state index contributed by atoms with van der Waals surface area (Å²) < 4.78 is 0.778. The summed E-state index contributed by atoms with van der Waals surface area (Å²) in [6.45, 7) is 3.29. The van der Waals surface area contributed by atoms with E-state index >= 15 is 0 Å². The molecule has 4 nitrogen and oxygen atoms in total. The van der Waals surface area contributed by atoms with Crippen molar-refractivity contribution < 1.29 is 9.59 Å². The van der Waals surface area contributed by atoms with Gasteiger partial charge in [0.2, 0.25) is 0 Å². The summed E-state index contributed by atoms with van der Waals surface area (Å²) in [5.41, 5.74) is 0.957. The molecule has 1 aliphatic heterocycles. The molecule has 1 aromatic rings. The predicted molar refractivity (Wildman–Crippen MR) is 62.8 cm³/mol. The Balaban J connectivity index is 2.46. The molecule has 0 fully saturated rings. The Morgan fingerprint density at radius 2 is 1.75 bits per heavy atom. The number of aromatic nitrogens is 1. The summed E-state index contributed by atoms with van der Waals surface area (Å²) in [5.74, 6) is -0.248. The number of halogens is 1. The van der Waals surface area contributed by atoms with Crippen LogP contribution in [0.4, 0.5) is 5.82 Å². The maximum Gasteiger partial charge on any atom is 0.262 e. The number of pyridine rings is 1. The molecule has 2 heterocycles. The smallest absolute Gasteiger partial charge is 0.262 e. The molecule has 1 aliphatic rings. The van der Waals surface area contributed by atoms with Crippen LogP contribution in [0.2, 0.25) is 0 Å². The third-order valence-electron chi connectivity index (χ3n) is 2.55. The lowest BCUT2D eigenvalue weighted by atomic mass is 10.2. The lowest BCUT2D eigenvalue weighted by Crippen LogP contribution is -2.32. The van der Waals surface area contributed by atoms with Crippen LogP contribution in [0.3, 0.4) is 0 Å². The summed E-state index contributed by atoms with van der Waals surface area (Å²) >= 11 is 3.28. The van der Waals surface area contributed by atoms with Crippen LogP contribution in [-0.4, -0.2) is 16.8 Å². The van der Waals surface area contributed by atoms with Gasteiger partial charge in [-0.15, -0.1) is 0 Å². The van der Waals surface area contributed by atoms with Gasteiger partial charge in [-0.3, -0.25) is 9.59 Å². The molecule has 2 amide bonds. The van der Waals surface area contributed by atoms with E-state index in [0.29, 0.717) is 17.0 Å². The standard InChI is InChI=1S/C11H9BrN2O2/c1-6-7(2)11(16)14(10(6)15)9-5-8(12)3-4-13-9/h3-5H,1-2H3. The number of hydrogen-bond acceptors (Lipinski definition) is 3. The highest BCUT2D eigenvalue weighted by Crippen LogP contribution is 2.26. The molecule has 5 heteroatoms. The van der Waals surface area contributed by atoms with Crippen molar-refractivity contribution in [3.63, 3.8) is 0 Å². The second-order valence-corrected chi connectivity index (χ2v) is 4.44. The zero-order valence-corrected chi connectivity index (χ0v) is 10.4. The van der Waals surface area contributed by atoms with E-state index in [9.17, 15) is 9.59 Å². The predicted octanol–water partition coefficient (Wildman–Crippen LogP) is 2.05. The second kappa shape index (κ2) is 3.83. The van der Waals surface area contributed by atoms with E-state index in [1.807, 2.05) is 0 Å². The molecule has 0 N–H and O–H groups in total. The number of carbonyl (C=O) groups excluding carboxylic acids is 2. The molecule has 2 rings (SSSR count). The van der Waals surface area contributed by atoms with E-state index in [4.69, 9.17) is 0 Å². The van der Waals surface area contributed by atoms with E-state index in [1.54, 1.807) is 32.2 Å². The molecule has 0 aliphatic carbocycles. The molecule has 82 valence electrons. The van der Waals surface area contributed by atoms with Crippen molar-refractivity contribution in [2.24, 2.45) is 0 Å². The molecular weight excluding hydrogens is 272 g/mol. The second-order valence-electron chi connectivity index (χ2n) is 3.53. The Labute approximate surface area is 101 Å². The Morgan fingerprint density at radius 3 is 2.25 bits per heavy atom.